The van der Waals surface area contributed by atoms with Gasteiger partial charge in [-0.25, -0.2) is 4.39 Å². The molecule has 0 amide bonds. The Hall–Kier alpha value is -0.560. The van der Waals surface area contributed by atoms with E-state index in [4.69, 9.17) is 11.6 Å². The van der Waals surface area contributed by atoms with E-state index in [9.17, 15) is 4.39 Å². The lowest BCUT2D eigenvalue weighted by atomic mass is 10.3. The van der Waals surface area contributed by atoms with Crippen molar-refractivity contribution in [3.05, 3.63) is 35.7 Å². The molecule has 0 aliphatic rings. The van der Waals surface area contributed by atoms with E-state index in [1.54, 1.807) is 6.92 Å². The molecule has 0 rings (SSSR count). The van der Waals surface area contributed by atoms with Gasteiger partial charge in [-0.3, -0.25) is 0 Å². The fourth-order valence-electron chi connectivity index (χ4n) is 0.295. The third-order valence-electron chi connectivity index (χ3n) is 0.632. The quantitative estimate of drug-likeness (QED) is 0.525. The summed E-state index contributed by atoms with van der Waals surface area (Å²) in [5.41, 5.74) is 0.620. The molecule has 0 aromatic rings. The fraction of sp³-hybridized carbons (Fsp3) is 0.143. The van der Waals surface area contributed by atoms with Crippen molar-refractivity contribution in [1.29, 1.82) is 0 Å². The molecule has 0 N–H and O–H groups in total. The SMILES string of the molecule is C=C(C)/C=C(/F)C(=C)Cl. The van der Waals surface area contributed by atoms with Gasteiger partial charge in [0, 0.05) is 0 Å². The summed E-state index contributed by atoms with van der Waals surface area (Å²) >= 11 is 5.19. The number of halogens is 2. The zero-order valence-corrected chi connectivity index (χ0v) is 6.00. The van der Waals surface area contributed by atoms with E-state index in [0.29, 0.717) is 5.57 Å². The van der Waals surface area contributed by atoms with E-state index in [1.807, 2.05) is 0 Å². The Bertz CT molecular complexity index is 168. The summed E-state index contributed by atoms with van der Waals surface area (Å²) in [7, 11) is 0. The van der Waals surface area contributed by atoms with Crippen molar-refractivity contribution in [2.45, 2.75) is 6.92 Å². The molecule has 0 radical (unpaired) electrons. The van der Waals surface area contributed by atoms with Gasteiger partial charge in [-0.2, -0.15) is 0 Å². The van der Waals surface area contributed by atoms with Crippen molar-refractivity contribution in [2.75, 3.05) is 0 Å². The fourth-order valence-corrected chi connectivity index (χ4v) is 0.349. The molecule has 0 aromatic heterocycles. The number of hydrogen-bond acceptors (Lipinski definition) is 0. The lowest BCUT2D eigenvalue weighted by Crippen LogP contribution is -1.71. The Kier molecular flexibility index (Phi) is 3.25. The molecule has 9 heavy (non-hydrogen) atoms. The van der Waals surface area contributed by atoms with Crippen molar-refractivity contribution >= 4 is 11.6 Å². The molecule has 0 aliphatic heterocycles. The van der Waals surface area contributed by atoms with Gasteiger partial charge in [-0.1, -0.05) is 30.3 Å². The Morgan fingerprint density at radius 2 is 2.00 bits per heavy atom. The Morgan fingerprint density at radius 1 is 1.56 bits per heavy atom. The normalized spacial score (nSPS) is 11.2. The van der Waals surface area contributed by atoms with Gasteiger partial charge in [0.2, 0.25) is 0 Å². The van der Waals surface area contributed by atoms with E-state index >= 15 is 0 Å². The third-order valence-corrected chi connectivity index (χ3v) is 0.813. The van der Waals surface area contributed by atoms with Gasteiger partial charge in [0.1, 0.15) is 5.83 Å². The highest BCUT2D eigenvalue weighted by atomic mass is 35.5. The average molecular weight is 147 g/mol. The summed E-state index contributed by atoms with van der Waals surface area (Å²) in [6, 6.07) is 0. The first-order valence-electron chi connectivity index (χ1n) is 2.41. The molecule has 0 saturated heterocycles. The van der Waals surface area contributed by atoms with Crippen LogP contribution in [0.15, 0.2) is 35.7 Å². The van der Waals surface area contributed by atoms with Crippen molar-refractivity contribution in [3.8, 4) is 0 Å². The first kappa shape index (κ1) is 8.44. The predicted octanol–water partition coefficient (Wildman–Crippen LogP) is 3.17. The van der Waals surface area contributed by atoms with Gasteiger partial charge in [0.15, 0.2) is 0 Å². The second kappa shape index (κ2) is 3.46. The highest BCUT2D eigenvalue weighted by molar-refractivity contribution is 6.31. The van der Waals surface area contributed by atoms with Gasteiger partial charge in [0.05, 0.1) is 5.03 Å². The first-order valence-corrected chi connectivity index (χ1v) is 2.79. The van der Waals surface area contributed by atoms with Crippen molar-refractivity contribution in [3.63, 3.8) is 0 Å². The number of rotatable bonds is 2. The summed E-state index contributed by atoms with van der Waals surface area (Å²) in [6.07, 6.45) is 1.23. The molecule has 0 heterocycles. The summed E-state index contributed by atoms with van der Waals surface area (Å²) < 4.78 is 12.3. The molecule has 2 heteroatoms. The molecule has 0 bridgehead atoms. The molecule has 0 spiro atoms. The predicted molar refractivity (Wildman–Crippen MR) is 39.0 cm³/mol. The molecule has 0 unspecified atom stereocenters. The van der Waals surface area contributed by atoms with Crippen molar-refractivity contribution in [1.82, 2.24) is 0 Å². The first-order chi connectivity index (χ1) is 4.04. The zero-order chi connectivity index (χ0) is 7.44. The smallest absolute Gasteiger partial charge is 0.141 e. The maximum absolute atomic E-state index is 12.3. The highest BCUT2D eigenvalue weighted by Crippen LogP contribution is 2.14. The molecule has 0 aliphatic carbocycles. The van der Waals surface area contributed by atoms with Crippen LogP contribution in [0.2, 0.25) is 0 Å². The van der Waals surface area contributed by atoms with Crippen LogP contribution < -0.4 is 0 Å². The Morgan fingerprint density at radius 3 is 2.11 bits per heavy atom. The molecule has 0 nitrogen and oxygen atoms in total. The van der Waals surface area contributed by atoms with Crippen LogP contribution in [-0.2, 0) is 0 Å². The van der Waals surface area contributed by atoms with Crippen molar-refractivity contribution in [2.24, 2.45) is 0 Å². The third kappa shape index (κ3) is 3.98. The van der Waals surface area contributed by atoms with Crippen LogP contribution in [-0.4, -0.2) is 0 Å². The monoisotopic (exact) mass is 146 g/mol. The van der Waals surface area contributed by atoms with E-state index in [-0.39, 0.29) is 5.03 Å². The topological polar surface area (TPSA) is 0 Å². The Labute approximate surface area is 59.3 Å². The zero-order valence-electron chi connectivity index (χ0n) is 5.25. The van der Waals surface area contributed by atoms with Gasteiger partial charge < -0.3 is 0 Å². The second-order valence-electron chi connectivity index (χ2n) is 1.74. The van der Waals surface area contributed by atoms with Crippen molar-refractivity contribution < 1.29 is 4.39 Å². The van der Waals surface area contributed by atoms with Crippen LogP contribution >= 0.6 is 11.6 Å². The standard InChI is InChI=1S/C7H8ClF/c1-5(2)4-7(9)6(3)8/h4H,1,3H2,2H3/b7-4+. The van der Waals surface area contributed by atoms with Gasteiger partial charge in [-0.15, -0.1) is 0 Å². The van der Waals surface area contributed by atoms with Crippen LogP contribution in [0.25, 0.3) is 0 Å². The summed E-state index contributed by atoms with van der Waals surface area (Å²) in [5, 5.41) is -0.0852. The maximum Gasteiger partial charge on any atom is 0.141 e. The molecular weight excluding hydrogens is 139 g/mol. The molecule has 0 atom stereocenters. The van der Waals surface area contributed by atoms with E-state index < -0.39 is 5.83 Å². The second-order valence-corrected chi connectivity index (χ2v) is 2.20. The van der Waals surface area contributed by atoms with Crippen LogP contribution in [0.1, 0.15) is 6.92 Å². The largest absolute Gasteiger partial charge is 0.205 e. The highest BCUT2D eigenvalue weighted by Gasteiger charge is 1.94. The van der Waals surface area contributed by atoms with Gasteiger partial charge >= 0.3 is 0 Å². The molecule has 0 fully saturated rings. The van der Waals surface area contributed by atoms with E-state index in [1.165, 1.54) is 6.08 Å². The minimum absolute atomic E-state index is 0.0852. The minimum Gasteiger partial charge on any atom is -0.205 e. The lowest BCUT2D eigenvalue weighted by molar-refractivity contribution is 0.662. The minimum atomic E-state index is -0.524. The van der Waals surface area contributed by atoms with Crippen LogP contribution in [0.4, 0.5) is 4.39 Å². The number of allylic oxidation sites excluding steroid dienone is 4. The lowest BCUT2D eigenvalue weighted by Gasteiger charge is -1.89. The van der Waals surface area contributed by atoms with Gasteiger partial charge in [-0.05, 0) is 13.0 Å². The summed E-state index contributed by atoms with van der Waals surface area (Å²) in [5.74, 6) is -0.524. The molecule has 50 valence electrons. The van der Waals surface area contributed by atoms with Crippen LogP contribution in [0, 0.1) is 0 Å². The Balaban J connectivity index is 4.17. The van der Waals surface area contributed by atoms with Crippen LogP contribution in [0.3, 0.4) is 0 Å². The molecule has 0 saturated carbocycles. The molecule has 0 aromatic carbocycles. The molecular formula is C7H8ClF. The number of hydrogen-bond donors (Lipinski definition) is 0. The summed E-state index contributed by atoms with van der Waals surface area (Å²) in [4.78, 5) is 0. The van der Waals surface area contributed by atoms with E-state index in [2.05, 4.69) is 13.2 Å². The maximum atomic E-state index is 12.3. The van der Waals surface area contributed by atoms with Crippen LogP contribution in [0.5, 0.6) is 0 Å². The summed E-state index contributed by atoms with van der Waals surface area (Å²) in [6.45, 7) is 8.33. The average Bonchev–Trinajstić information content (AvgIpc) is 1.63. The van der Waals surface area contributed by atoms with Gasteiger partial charge in [0.25, 0.3) is 0 Å². The van der Waals surface area contributed by atoms with E-state index in [0.717, 1.165) is 0 Å².